The summed E-state index contributed by atoms with van der Waals surface area (Å²) >= 11 is 1.20. The maximum absolute atomic E-state index is 15.2. The molecule has 0 aliphatic heterocycles. The molecule has 0 saturated heterocycles. The number of hydrogen-bond acceptors (Lipinski definition) is 5. The Morgan fingerprint density at radius 3 is 2.78 bits per heavy atom. The molecule has 0 amide bonds. The van der Waals surface area contributed by atoms with Crippen LogP contribution in [0.1, 0.15) is 15.4 Å². The molecule has 3 rings (SSSR count). The van der Waals surface area contributed by atoms with Gasteiger partial charge in [-0.15, -0.1) is 11.3 Å². The van der Waals surface area contributed by atoms with Gasteiger partial charge in [-0.2, -0.15) is 0 Å². The fourth-order valence-corrected chi connectivity index (χ4v) is 3.60. The maximum atomic E-state index is 15.2. The molecule has 10 heteroatoms. The van der Waals surface area contributed by atoms with Crippen LogP contribution in [-0.4, -0.2) is 34.3 Å². The van der Waals surface area contributed by atoms with Crippen LogP contribution in [0.2, 0.25) is 0 Å². The van der Waals surface area contributed by atoms with Crippen molar-refractivity contribution in [1.29, 1.82) is 0 Å². The quantitative estimate of drug-likeness (QED) is 0.668. The molecule has 0 fully saturated rings. The zero-order valence-electron chi connectivity index (χ0n) is 14.1. The first kappa shape index (κ1) is 19.1. The Labute approximate surface area is 154 Å². The second-order valence-corrected chi connectivity index (χ2v) is 6.60. The van der Waals surface area contributed by atoms with E-state index in [4.69, 9.17) is 5.11 Å². The summed E-state index contributed by atoms with van der Waals surface area (Å²) in [5, 5.41) is 13.6. The Balaban J connectivity index is 2.35. The van der Waals surface area contributed by atoms with Crippen molar-refractivity contribution in [3.63, 3.8) is 0 Å². The van der Waals surface area contributed by atoms with E-state index >= 15 is 4.39 Å². The van der Waals surface area contributed by atoms with E-state index < -0.39 is 46.2 Å². The Bertz CT molecular complexity index is 1090. The third-order valence-corrected chi connectivity index (χ3v) is 4.79. The van der Waals surface area contributed by atoms with Gasteiger partial charge < -0.3 is 15.0 Å². The van der Waals surface area contributed by atoms with Gasteiger partial charge in [-0.25, -0.2) is 22.9 Å². The lowest BCUT2D eigenvalue weighted by Crippen LogP contribution is -2.20. The van der Waals surface area contributed by atoms with E-state index in [9.17, 15) is 18.4 Å². The summed E-state index contributed by atoms with van der Waals surface area (Å²) in [4.78, 5) is 27.7. The highest BCUT2D eigenvalue weighted by Gasteiger charge is 2.24. The van der Waals surface area contributed by atoms with E-state index in [1.807, 2.05) is 0 Å². The Hall–Kier alpha value is -2.72. The van der Waals surface area contributed by atoms with Crippen LogP contribution in [0, 0.1) is 11.6 Å². The van der Waals surface area contributed by atoms with Crippen molar-refractivity contribution in [2.24, 2.45) is 0 Å². The van der Waals surface area contributed by atoms with Crippen LogP contribution in [-0.2, 0) is 13.1 Å². The van der Waals surface area contributed by atoms with Crippen LogP contribution in [0.3, 0.4) is 0 Å². The van der Waals surface area contributed by atoms with Gasteiger partial charge >= 0.3 is 5.97 Å². The molecule has 27 heavy (non-hydrogen) atoms. The maximum Gasteiger partial charge on any atom is 0.341 e. The fourth-order valence-electron chi connectivity index (χ4n) is 2.80. The predicted octanol–water partition coefficient (Wildman–Crippen LogP) is 2.79. The number of halogens is 3. The SMILES string of the molecule is CNCc1nc(-c2c(F)cc3c(=O)c(C(=O)O)cn(CCF)c3c2F)cs1. The summed E-state index contributed by atoms with van der Waals surface area (Å²) in [5.41, 5.74) is -2.49. The highest BCUT2D eigenvalue weighted by molar-refractivity contribution is 7.09. The molecule has 3 aromatic rings. The molecule has 0 atom stereocenters. The molecule has 0 bridgehead atoms. The van der Waals surface area contributed by atoms with E-state index in [0.29, 0.717) is 11.6 Å². The molecule has 1 aromatic carbocycles. The predicted molar refractivity (Wildman–Crippen MR) is 94.9 cm³/mol. The van der Waals surface area contributed by atoms with Gasteiger partial charge in [-0.1, -0.05) is 0 Å². The number of pyridine rings is 1. The Kier molecular flexibility index (Phi) is 5.29. The van der Waals surface area contributed by atoms with Gasteiger partial charge in [-0.05, 0) is 13.1 Å². The second-order valence-electron chi connectivity index (χ2n) is 5.66. The van der Waals surface area contributed by atoms with Gasteiger partial charge in [0.05, 0.1) is 28.7 Å². The van der Waals surface area contributed by atoms with Crippen LogP contribution >= 0.6 is 11.3 Å². The van der Waals surface area contributed by atoms with Crippen molar-refractivity contribution in [3.8, 4) is 11.3 Å². The van der Waals surface area contributed by atoms with E-state index in [1.54, 1.807) is 7.05 Å². The van der Waals surface area contributed by atoms with Gasteiger partial charge in [0.2, 0.25) is 5.43 Å². The number of carboxylic acid groups (broad SMARTS) is 1. The summed E-state index contributed by atoms with van der Waals surface area (Å²) in [5.74, 6) is -3.70. The number of alkyl halides is 1. The number of carboxylic acids is 1. The Morgan fingerprint density at radius 2 is 2.15 bits per heavy atom. The molecule has 0 saturated carbocycles. The van der Waals surface area contributed by atoms with Crippen LogP contribution in [0.15, 0.2) is 22.4 Å². The van der Waals surface area contributed by atoms with Crippen molar-refractivity contribution >= 4 is 28.2 Å². The molecule has 6 nitrogen and oxygen atoms in total. The topological polar surface area (TPSA) is 84.2 Å². The molecule has 2 N–H and O–H groups in total. The number of rotatable bonds is 6. The van der Waals surface area contributed by atoms with Crippen molar-refractivity contribution in [3.05, 3.63) is 50.1 Å². The molecule has 0 spiro atoms. The zero-order chi connectivity index (χ0) is 19.7. The minimum Gasteiger partial charge on any atom is -0.477 e. The van der Waals surface area contributed by atoms with Gasteiger partial charge in [0, 0.05) is 18.1 Å². The third-order valence-electron chi connectivity index (χ3n) is 3.95. The largest absolute Gasteiger partial charge is 0.477 e. The number of nitrogens with zero attached hydrogens (tertiary/aromatic N) is 2. The fraction of sp³-hybridized carbons (Fsp3) is 0.235. The standard InChI is InChI=1S/C17H14F3N3O3S/c1-21-5-12-22-11(7-27-12)13-10(19)4-8-15(14(13)20)23(3-2-18)6-9(16(8)24)17(25)26/h4,6-7,21H,2-3,5H2,1H3,(H,25,26). The highest BCUT2D eigenvalue weighted by Crippen LogP contribution is 2.32. The number of hydrogen-bond donors (Lipinski definition) is 2. The van der Waals surface area contributed by atoms with E-state index in [1.165, 1.54) is 16.7 Å². The lowest BCUT2D eigenvalue weighted by molar-refractivity contribution is 0.0694. The van der Waals surface area contributed by atoms with Gasteiger partial charge in [0.1, 0.15) is 23.1 Å². The zero-order valence-corrected chi connectivity index (χ0v) is 14.9. The Morgan fingerprint density at radius 1 is 1.41 bits per heavy atom. The first-order chi connectivity index (χ1) is 12.9. The number of carbonyl (C=O) groups is 1. The number of aromatic nitrogens is 2. The minimum atomic E-state index is -1.56. The van der Waals surface area contributed by atoms with Crippen molar-refractivity contribution < 1.29 is 23.1 Å². The number of aromatic carboxylic acids is 1. The van der Waals surface area contributed by atoms with Gasteiger partial charge in [-0.3, -0.25) is 4.79 Å². The van der Waals surface area contributed by atoms with Crippen LogP contribution in [0.5, 0.6) is 0 Å². The summed E-state index contributed by atoms with van der Waals surface area (Å²) in [6.07, 6.45) is 0.866. The summed E-state index contributed by atoms with van der Waals surface area (Å²) in [7, 11) is 1.70. The van der Waals surface area contributed by atoms with Gasteiger partial charge in [0.25, 0.3) is 0 Å². The summed E-state index contributed by atoms with van der Waals surface area (Å²) in [6.45, 7) is -0.899. The average molecular weight is 397 g/mol. The summed E-state index contributed by atoms with van der Waals surface area (Å²) in [6, 6.07) is 0.772. The smallest absolute Gasteiger partial charge is 0.341 e. The van der Waals surface area contributed by atoms with Crippen LogP contribution < -0.4 is 10.7 Å². The van der Waals surface area contributed by atoms with Crippen LogP contribution in [0.25, 0.3) is 22.2 Å². The molecular formula is C17H14F3N3O3S. The second kappa shape index (κ2) is 7.49. The first-order valence-corrected chi connectivity index (χ1v) is 8.70. The normalized spacial score (nSPS) is 11.3. The number of fused-ring (bicyclic) bond motifs is 1. The average Bonchev–Trinajstić information content (AvgIpc) is 3.05. The summed E-state index contributed by atoms with van der Waals surface area (Å²) < 4.78 is 43.7. The number of thiazole rings is 1. The first-order valence-electron chi connectivity index (χ1n) is 7.82. The lowest BCUT2D eigenvalue weighted by Gasteiger charge is -2.14. The monoisotopic (exact) mass is 397 g/mol. The number of benzene rings is 1. The highest BCUT2D eigenvalue weighted by atomic mass is 32.1. The molecule has 0 aliphatic carbocycles. The molecule has 2 heterocycles. The van der Waals surface area contributed by atoms with Gasteiger partial charge in [0.15, 0.2) is 5.82 Å². The molecule has 0 radical (unpaired) electrons. The molecule has 0 unspecified atom stereocenters. The van der Waals surface area contributed by atoms with Crippen molar-refractivity contribution in [2.45, 2.75) is 13.1 Å². The lowest BCUT2D eigenvalue weighted by atomic mass is 10.0. The number of nitrogens with one attached hydrogen (secondary N) is 1. The van der Waals surface area contributed by atoms with E-state index in [0.717, 1.165) is 16.8 Å². The molecule has 142 valence electrons. The molecule has 2 aromatic heterocycles. The molecular weight excluding hydrogens is 383 g/mol. The van der Waals surface area contributed by atoms with Crippen LogP contribution in [0.4, 0.5) is 13.2 Å². The number of aryl methyl sites for hydroxylation is 1. The van der Waals surface area contributed by atoms with E-state index in [2.05, 4.69) is 10.3 Å². The molecule has 0 aliphatic rings. The third kappa shape index (κ3) is 3.33. The van der Waals surface area contributed by atoms with Crippen molar-refractivity contribution in [2.75, 3.05) is 13.7 Å². The van der Waals surface area contributed by atoms with Crippen molar-refractivity contribution in [1.82, 2.24) is 14.9 Å². The van der Waals surface area contributed by atoms with E-state index in [-0.39, 0.29) is 17.8 Å². The minimum absolute atomic E-state index is 0.0451.